The minimum atomic E-state index is -0.252. The summed E-state index contributed by atoms with van der Waals surface area (Å²) in [6.07, 6.45) is 0. The van der Waals surface area contributed by atoms with E-state index in [9.17, 15) is 8.78 Å². The van der Waals surface area contributed by atoms with E-state index in [0.29, 0.717) is 0 Å². The molecule has 7 heteroatoms. The topological polar surface area (TPSA) is 45.4 Å². The Bertz CT molecular complexity index is 888. The summed E-state index contributed by atoms with van der Waals surface area (Å²) >= 11 is 1.46. The summed E-state index contributed by atoms with van der Waals surface area (Å²) in [6, 6.07) is 11.1. The van der Waals surface area contributed by atoms with Gasteiger partial charge >= 0.3 is 0 Å². The number of rotatable bonds is 4. The predicted molar refractivity (Wildman–Crippen MR) is 102 cm³/mol. The van der Waals surface area contributed by atoms with Crippen molar-refractivity contribution >= 4 is 27.2 Å². The molecule has 1 aliphatic rings. The number of halogens is 2. The van der Waals surface area contributed by atoms with Crippen LogP contribution in [0.15, 0.2) is 42.5 Å². The van der Waals surface area contributed by atoms with Crippen LogP contribution < -0.4 is 10.6 Å². The SMILES string of the molecule is NC(CN1CCN(c2ccc(F)cc2)CC1)c1nc2ccc(F)cc2s1. The molecule has 1 saturated heterocycles. The number of fused-ring (bicyclic) bond motifs is 1. The van der Waals surface area contributed by atoms with Gasteiger partial charge < -0.3 is 10.6 Å². The maximum Gasteiger partial charge on any atom is 0.124 e. The summed E-state index contributed by atoms with van der Waals surface area (Å²) in [5.41, 5.74) is 8.19. The molecule has 2 N–H and O–H groups in total. The fourth-order valence-corrected chi connectivity index (χ4v) is 4.26. The zero-order valence-electron chi connectivity index (χ0n) is 14.2. The molecule has 2 aromatic carbocycles. The predicted octanol–water partition coefficient (Wildman–Crippen LogP) is 3.40. The Morgan fingerprint density at radius 2 is 1.69 bits per heavy atom. The molecule has 0 saturated carbocycles. The Hall–Kier alpha value is -2.09. The van der Waals surface area contributed by atoms with E-state index in [1.54, 1.807) is 6.07 Å². The summed E-state index contributed by atoms with van der Waals surface area (Å²) in [5, 5.41) is 0.839. The number of benzene rings is 2. The van der Waals surface area contributed by atoms with E-state index >= 15 is 0 Å². The van der Waals surface area contributed by atoms with Gasteiger partial charge in [0, 0.05) is 38.4 Å². The first-order valence-electron chi connectivity index (χ1n) is 8.63. The van der Waals surface area contributed by atoms with Gasteiger partial charge in [0.2, 0.25) is 0 Å². The fraction of sp³-hybridized carbons (Fsp3) is 0.316. The molecule has 1 aromatic heterocycles. The first-order valence-corrected chi connectivity index (χ1v) is 9.44. The molecule has 1 atom stereocenters. The summed E-state index contributed by atoms with van der Waals surface area (Å²) in [4.78, 5) is 9.11. The minimum Gasteiger partial charge on any atom is -0.369 e. The van der Waals surface area contributed by atoms with Gasteiger partial charge in [-0.1, -0.05) is 0 Å². The van der Waals surface area contributed by atoms with Gasteiger partial charge in [-0.2, -0.15) is 0 Å². The van der Waals surface area contributed by atoms with Crippen LogP contribution in [0.3, 0.4) is 0 Å². The van der Waals surface area contributed by atoms with Crippen LogP contribution in [-0.4, -0.2) is 42.6 Å². The summed E-state index contributed by atoms with van der Waals surface area (Å²) in [7, 11) is 0. The van der Waals surface area contributed by atoms with E-state index in [1.807, 2.05) is 12.1 Å². The van der Waals surface area contributed by atoms with E-state index in [4.69, 9.17) is 5.73 Å². The Balaban J connectivity index is 1.36. The normalized spacial score (nSPS) is 17.0. The zero-order chi connectivity index (χ0) is 18.1. The lowest BCUT2D eigenvalue weighted by atomic mass is 10.2. The second-order valence-electron chi connectivity index (χ2n) is 6.53. The van der Waals surface area contributed by atoms with Crippen molar-refractivity contribution in [1.82, 2.24) is 9.88 Å². The van der Waals surface area contributed by atoms with E-state index in [0.717, 1.165) is 53.6 Å². The molecule has 0 radical (unpaired) electrons. The van der Waals surface area contributed by atoms with Crippen molar-refractivity contribution < 1.29 is 8.78 Å². The monoisotopic (exact) mass is 374 g/mol. The van der Waals surface area contributed by atoms with Crippen LogP contribution in [0.2, 0.25) is 0 Å². The van der Waals surface area contributed by atoms with Crippen molar-refractivity contribution in [3.8, 4) is 0 Å². The Kier molecular flexibility index (Phi) is 4.84. The summed E-state index contributed by atoms with van der Waals surface area (Å²) in [5.74, 6) is -0.465. The quantitative estimate of drug-likeness (QED) is 0.760. The summed E-state index contributed by atoms with van der Waals surface area (Å²) < 4.78 is 27.2. The number of nitrogens with zero attached hydrogens (tertiary/aromatic N) is 3. The third-order valence-electron chi connectivity index (χ3n) is 4.70. The molecule has 1 fully saturated rings. The molecular formula is C19H20F2N4S. The number of thiazole rings is 1. The Morgan fingerprint density at radius 1 is 1.00 bits per heavy atom. The van der Waals surface area contributed by atoms with Gasteiger partial charge in [0.05, 0.1) is 16.3 Å². The third-order valence-corrected chi connectivity index (χ3v) is 5.85. The van der Waals surface area contributed by atoms with Crippen molar-refractivity contribution in [2.24, 2.45) is 5.73 Å². The van der Waals surface area contributed by atoms with Crippen molar-refractivity contribution in [3.05, 3.63) is 59.1 Å². The molecule has 2 heterocycles. The average Bonchev–Trinajstić information content (AvgIpc) is 3.06. The van der Waals surface area contributed by atoms with Gasteiger partial charge in [0.15, 0.2) is 0 Å². The lowest BCUT2D eigenvalue weighted by Gasteiger charge is -2.36. The van der Waals surface area contributed by atoms with Crippen LogP contribution in [0.5, 0.6) is 0 Å². The summed E-state index contributed by atoms with van der Waals surface area (Å²) in [6.45, 7) is 4.27. The van der Waals surface area contributed by atoms with Crippen LogP contribution in [0.25, 0.3) is 10.2 Å². The van der Waals surface area contributed by atoms with Crippen LogP contribution in [0.1, 0.15) is 11.0 Å². The average molecular weight is 374 g/mol. The maximum atomic E-state index is 13.3. The Labute approximate surface area is 154 Å². The van der Waals surface area contributed by atoms with Gasteiger partial charge in [-0.15, -0.1) is 11.3 Å². The molecule has 0 amide bonds. The van der Waals surface area contributed by atoms with E-state index in [2.05, 4.69) is 14.8 Å². The van der Waals surface area contributed by atoms with Crippen LogP contribution in [0.4, 0.5) is 14.5 Å². The Morgan fingerprint density at radius 3 is 2.42 bits per heavy atom. The van der Waals surface area contributed by atoms with E-state index in [1.165, 1.54) is 35.6 Å². The molecule has 4 nitrogen and oxygen atoms in total. The molecule has 3 aromatic rings. The number of aromatic nitrogens is 1. The first-order chi connectivity index (χ1) is 12.6. The number of nitrogens with two attached hydrogens (primary N) is 1. The zero-order valence-corrected chi connectivity index (χ0v) is 15.1. The molecule has 0 spiro atoms. The van der Waals surface area contributed by atoms with Gasteiger partial charge in [0.25, 0.3) is 0 Å². The van der Waals surface area contributed by atoms with E-state index < -0.39 is 0 Å². The standard InChI is InChI=1S/C19H20F2N4S/c20-13-1-4-15(5-2-13)25-9-7-24(8-10-25)12-16(22)19-23-17-6-3-14(21)11-18(17)26-19/h1-6,11,16H,7-10,12,22H2. The number of hydrogen-bond donors (Lipinski definition) is 1. The molecule has 4 rings (SSSR count). The van der Waals surface area contributed by atoms with Gasteiger partial charge in [-0.3, -0.25) is 4.90 Å². The largest absolute Gasteiger partial charge is 0.369 e. The van der Waals surface area contributed by atoms with Gasteiger partial charge in [0.1, 0.15) is 16.6 Å². The number of piperazine rings is 1. The van der Waals surface area contributed by atoms with Crippen molar-refractivity contribution in [1.29, 1.82) is 0 Å². The smallest absolute Gasteiger partial charge is 0.124 e. The molecule has 1 aliphatic heterocycles. The van der Waals surface area contributed by atoms with E-state index in [-0.39, 0.29) is 17.7 Å². The maximum absolute atomic E-state index is 13.3. The van der Waals surface area contributed by atoms with Crippen LogP contribution in [-0.2, 0) is 0 Å². The second-order valence-corrected chi connectivity index (χ2v) is 7.60. The highest BCUT2D eigenvalue weighted by Gasteiger charge is 2.21. The van der Waals surface area contributed by atoms with Crippen LogP contribution >= 0.6 is 11.3 Å². The molecule has 0 aliphatic carbocycles. The highest BCUT2D eigenvalue weighted by Crippen LogP contribution is 2.27. The minimum absolute atomic E-state index is 0.187. The highest BCUT2D eigenvalue weighted by molar-refractivity contribution is 7.18. The molecule has 0 bridgehead atoms. The highest BCUT2D eigenvalue weighted by atomic mass is 32.1. The fourth-order valence-electron chi connectivity index (χ4n) is 3.27. The van der Waals surface area contributed by atoms with Crippen LogP contribution in [0, 0.1) is 11.6 Å². The van der Waals surface area contributed by atoms with Crippen molar-refractivity contribution in [2.75, 3.05) is 37.6 Å². The van der Waals surface area contributed by atoms with Gasteiger partial charge in [-0.05, 0) is 42.5 Å². The second kappa shape index (κ2) is 7.26. The molecule has 1 unspecified atom stereocenters. The molecule has 136 valence electrons. The lowest BCUT2D eigenvalue weighted by molar-refractivity contribution is 0.243. The third kappa shape index (κ3) is 3.70. The number of anilines is 1. The lowest BCUT2D eigenvalue weighted by Crippen LogP contribution is -2.48. The molecule has 26 heavy (non-hydrogen) atoms. The first kappa shape index (κ1) is 17.3. The van der Waals surface area contributed by atoms with Gasteiger partial charge in [-0.25, -0.2) is 13.8 Å². The van der Waals surface area contributed by atoms with Crippen molar-refractivity contribution in [3.63, 3.8) is 0 Å². The van der Waals surface area contributed by atoms with Crippen molar-refractivity contribution in [2.45, 2.75) is 6.04 Å². The molecular weight excluding hydrogens is 354 g/mol. The number of hydrogen-bond acceptors (Lipinski definition) is 5.